The second kappa shape index (κ2) is 11.1. The Bertz CT molecular complexity index is 776. The van der Waals surface area contributed by atoms with Crippen LogP contribution in [0.3, 0.4) is 0 Å². The van der Waals surface area contributed by atoms with Gasteiger partial charge in [0.1, 0.15) is 11.4 Å². The van der Waals surface area contributed by atoms with Gasteiger partial charge in [0.15, 0.2) is 6.61 Å². The molecule has 2 aliphatic heterocycles. The Hall–Kier alpha value is -2.48. The van der Waals surface area contributed by atoms with Crippen molar-refractivity contribution < 1.29 is 23.8 Å². The third kappa shape index (κ3) is 7.25. The summed E-state index contributed by atoms with van der Waals surface area (Å²) < 4.78 is 15.5. The van der Waals surface area contributed by atoms with Gasteiger partial charge in [-0.05, 0) is 77.8 Å². The van der Waals surface area contributed by atoms with Crippen molar-refractivity contribution in [2.75, 3.05) is 51.8 Å². The molecule has 0 atom stereocenters. The van der Waals surface area contributed by atoms with Crippen molar-refractivity contribution in [1.29, 1.82) is 0 Å². The normalized spacial score (nSPS) is 18.4. The molecule has 2 fully saturated rings. The van der Waals surface area contributed by atoms with Crippen molar-refractivity contribution in [2.45, 2.75) is 64.1 Å². The van der Waals surface area contributed by atoms with E-state index in [1.807, 2.05) is 49.9 Å². The van der Waals surface area contributed by atoms with Gasteiger partial charge in [-0.1, -0.05) is 0 Å². The van der Waals surface area contributed by atoms with Crippen LogP contribution in [0.25, 0.3) is 0 Å². The average molecular weight is 462 g/mol. The molecular formula is C25H39N3O5. The summed E-state index contributed by atoms with van der Waals surface area (Å²) in [5, 5.41) is 0. The quantitative estimate of drug-likeness (QED) is 0.600. The zero-order valence-electron chi connectivity index (χ0n) is 20.7. The molecule has 2 saturated heterocycles. The maximum atomic E-state index is 12.3. The predicted octanol–water partition coefficient (Wildman–Crippen LogP) is 3.54. The number of carbonyl (C=O) groups excluding carboxylic acids is 2. The highest BCUT2D eigenvalue weighted by Crippen LogP contribution is 2.27. The summed E-state index contributed by atoms with van der Waals surface area (Å²) in [6.07, 6.45) is 4.01. The number of benzene rings is 1. The number of ether oxygens (including phenoxy) is 3. The fourth-order valence-corrected chi connectivity index (χ4v) is 4.57. The maximum Gasteiger partial charge on any atom is 0.410 e. The van der Waals surface area contributed by atoms with Crippen molar-refractivity contribution in [3.8, 4) is 5.75 Å². The molecule has 184 valence electrons. The number of rotatable bonds is 6. The molecule has 0 saturated carbocycles. The number of hydrogen-bond acceptors (Lipinski definition) is 7. The topological polar surface area (TPSA) is 71.6 Å². The van der Waals surface area contributed by atoms with Crippen LogP contribution in [0.4, 0.5) is 10.5 Å². The van der Waals surface area contributed by atoms with Crippen LogP contribution < -0.4 is 9.64 Å². The van der Waals surface area contributed by atoms with Crippen LogP contribution in [0.15, 0.2) is 24.3 Å². The fourth-order valence-electron chi connectivity index (χ4n) is 4.57. The molecule has 3 rings (SSSR count). The Labute approximate surface area is 197 Å². The summed E-state index contributed by atoms with van der Waals surface area (Å²) >= 11 is 0. The zero-order valence-corrected chi connectivity index (χ0v) is 20.7. The van der Waals surface area contributed by atoms with E-state index in [1.54, 1.807) is 0 Å². The van der Waals surface area contributed by atoms with Crippen molar-refractivity contribution in [3.05, 3.63) is 24.3 Å². The summed E-state index contributed by atoms with van der Waals surface area (Å²) in [4.78, 5) is 30.3. The van der Waals surface area contributed by atoms with Gasteiger partial charge in [0, 0.05) is 44.0 Å². The fraction of sp³-hybridized carbons (Fsp3) is 0.680. The standard InChI is InChI=1S/C25H39N3O5/c1-25(2,3)33-24(30)28-16-12-20(13-17-28)26(4)19-10-14-27(15-11-19)21-6-8-22(9-7-21)32-18-23(29)31-5/h6-9,19-20H,10-18H2,1-5H3. The number of nitrogens with zero attached hydrogens (tertiary/aromatic N) is 3. The molecule has 8 heteroatoms. The number of piperidine rings is 2. The van der Waals surface area contributed by atoms with Crippen LogP contribution in [0.2, 0.25) is 0 Å². The number of methoxy groups -OCH3 is 1. The molecule has 2 aliphatic rings. The van der Waals surface area contributed by atoms with Crippen molar-refractivity contribution in [1.82, 2.24) is 9.80 Å². The number of anilines is 1. The van der Waals surface area contributed by atoms with Crippen LogP contribution >= 0.6 is 0 Å². The van der Waals surface area contributed by atoms with Crippen LogP contribution in [-0.4, -0.2) is 86.5 Å². The second-order valence-electron chi connectivity index (χ2n) is 9.94. The first-order valence-electron chi connectivity index (χ1n) is 11.9. The summed E-state index contributed by atoms with van der Waals surface area (Å²) in [7, 11) is 3.59. The molecule has 1 amide bonds. The summed E-state index contributed by atoms with van der Waals surface area (Å²) in [6.45, 7) is 9.17. The molecule has 1 aromatic carbocycles. The molecule has 1 aromatic rings. The first-order valence-corrected chi connectivity index (χ1v) is 11.9. The summed E-state index contributed by atoms with van der Waals surface area (Å²) in [6, 6.07) is 8.95. The molecule has 0 N–H and O–H groups in total. The van der Waals surface area contributed by atoms with Crippen molar-refractivity contribution >= 4 is 17.7 Å². The van der Waals surface area contributed by atoms with Crippen LogP contribution in [-0.2, 0) is 14.3 Å². The van der Waals surface area contributed by atoms with E-state index in [-0.39, 0.29) is 18.7 Å². The molecule has 8 nitrogen and oxygen atoms in total. The Morgan fingerprint density at radius 3 is 2.03 bits per heavy atom. The van der Waals surface area contributed by atoms with E-state index in [2.05, 4.69) is 21.6 Å². The smallest absolute Gasteiger partial charge is 0.410 e. The van der Waals surface area contributed by atoms with E-state index in [0.717, 1.165) is 51.9 Å². The van der Waals surface area contributed by atoms with Gasteiger partial charge >= 0.3 is 12.1 Å². The van der Waals surface area contributed by atoms with Gasteiger partial charge < -0.3 is 28.9 Å². The minimum absolute atomic E-state index is 0.0791. The molecular weight excluding hydrogens is 422 g/mol. The lowest BCUT2D eigenvalue weighted by Gasteiger charge is -2.43. The Kier molecular flexibility index (Phi) is 8.46. The van der Waals surface area contributed by atoms with Crippen LogP contribution in [0.1, 0.15) is 46.5 Å². The number of hydrogen-bond donors (Lipinski definition) is 0. The highest BCUT2D eigenvalue weighted by Gasteiger charge is 2.32. The van der Waals surface area contributed by atoms with Gasteiger partial charge in [-0.25, -0.2) is 9.59 Å². The molecule has 0 spiro atoms. The molecule has 0 aliphatic carbocycles. The highest BCUT2D eigenvalue weighted by atomic mass is 16.6. The average Bonchev–Trinajstić information content (AvgIpc) is 2.81. The van der Waals surface area contributed by atoms with E-state index in [9.17, 15) is 9.59 Å². The van der Waals surface area contributed by atoms with Gasteiger partial charge in [0.2, 0.25) is 0 Å². The van der Waals surface area contributed by atoms with Gasteiger partial charge in [0.25, 0.3) is 0 Å². The third-order valence-corrected chi connectivity index (χ3v) is 6.52. The highest BCUT2D eigenvalue weighted by molar-refractivity contribution is 5.71. The minimum atomic E-state index is -0.449. The van der Waals surface area contributed by atoms with E-state index < -0.39 is 5.60 Å². The minimum Gasteiger partial charge on any atom is -0.482 e. The lowest BCUT2D eigenvalue weighted by molar-refractivity contribution is -0.142. The Morgan fingerprint density at radius 2 is 1.52 bits per heavy atom. The van der Waals surface area contributed by atoms with Crippen molar-refractivity contribution in [2.24, 2.45) is 0 Å². The lowest BCUT2D eigenvalue weighted by Crippen LogP contribution is -2.52. The molecule has 0 radical (unpaired) electrons. The van der Waals surface area contributed by atoms with Gasteiger partial charge in [0.05, 0.1) is 7.11 Å². The van der Waals surface area contributed by atoms with Gasteiger partial charge in [-0.15, -0.1) is 0 Å². The van der Waals surface area contributed by atoms with E-state index in [1.165, 1.54) is 12.8 Å². The maximum absolute atomic E-state index is 12.3. The summed E-state index contributed by atoms with van der Waals surface area (Å²) in [5.41, 5.74) is 0.724. The lowest BCUT2D eigenvalue weighted by atomic mass is 9.97. The van der Waals surface area contributed by atoms with Crippen LogP contribution in [0.5, 0.6) is 5.75 Å². The number of esters is 1. The number of amides is 1. The van der Waals surface area contributed by atoms with E-state index >= 15 is 0 Å². The molecule has 2 heterocycles. The Balaban J connectivity index is 1.42. The first kappa shape index (κ1) is 25.1. The van der Waals surface area contributed by atoms with E-state index in [0.29, 0.717) is 17.8 Å². The predicted molar refractivity (Wildman–Crippen MR) is 128 cm³/mol. The monoisotopic (exact) mass is 461 g/mol. The molecule has 0 aromatic heterocycles. The zero-order chi connectivity index (χ0) is 24.0. The third-order valence-electron chi connectivity index (χ3n) is 6.52. The van der Waals surface area contributed by atoms with E-state index in [4.69, 9.17) is 9.47 Å². The largest absolute Gasteiger partial charge is 0.482 e. The van der Waals surface area contributed by atoms with Gasteiger partial charge in [-0.3, -0.25) is 0 Å². The Morgan fingerprint density at radius 1 is 0.970 bits per heavy atom. The first-order chi connectivity index (χ1) is 15.7. The van der Waals surface area contributed by atoms with Crippen LogP contribution in [0, 0.1) is 0 Å². The van der Waals surface area contributed by atoms with Gasteiger partial charge in [-0.2, -0.15) is 0 Å². The van der Waals surface area contributed by atoms with Crippen molar-refractivity contribution in [3.63, 3.8) is 0 Å². The molecule has 0 bridgehead atoms. The number of likely N-dealkylation sites (tertiary alicyclic amines) is 1. The molecule has 0 unspecified atom stereocenters. The second-order valence-corrected chi connectivity index (χ2v) is 9.94. The number of carbonyl (C=O) groups is 2. The SMILES string of the molecule is COC(=O)COc1ccc(N2CCC(N(C)C3CCN(C(=O)OC(C)(C)C)CC3)CC2)cc1. The molecule has 33 heavy (non-hydrogen) atoms. The summed E-state index contributed by atoms with van der Waals surface area (Å²) in [5.74, 6) is 0.275.